The van der Waals surface area contributed by atoms with Crippen LogP contribution in [0.4, 0.5) is 4.79 Å². The average Bonchev–Trinajstić information content (AvgIpc) is 2.78. The molecule has 1 atom stereocenters. The van der Waals surface area contributed by atoms with Crippen molar-refractivity contribution in [3.8, 4) is 0 Å². The third kappa shape index (κ3) is 2.77. The summed E-state index contributed by atoms with van der Waals surface area (Å²) < 4.78 is 5.62. The Balaban J connectivity index is 2.10. The van der Waals surface area contributed by atoms with Crippen LogP contribution in [0.15, 0.2) is 30.3 Å². The summed E-state index contributed by atoms with van der Waals surface area (Å²) in [5.41, 5.74) is 1.02. The summed E-state index contributed by atoms with van der Waals surface area (Å²) in [4.78, 5) is 13.7. The molecule has 0 bridgehead atoms. The lowest BCUT2D eigenvalue weighted by molar-refractivity contribution is 0.0486. The highest BCUT2D eigenvalue weighted by atomic mass is 16.5. The molecule has 1 aromatic carbocycles. The summed E-state index contributed by atoms with van der Waals surface area (Å²) in [7, 11) is 0. The van der Waals surface area contributed by atoms with E-state index >= 15 is 0 Å². The van der Waals surface area contributed by atoms with Crippen molar-refractivity contribution in [2.45, 2.75) is 26.1 Å². The van der Waals surface area contributed by atoms with Crippen molar-refractivity contribution in [2.24, 2.45) is 0 Å². The number of benzene rings is 1. The first-order valence-electron chi connectivity index (χ1n) is 5.92. The second-order valence-corrected chi connectivity index (χ2v) is 4.43. The Kier molecular flexibility index (Phi) is 3.64. The minimum absolute atomic E-state index is 0.0636. The molecule has 1 saturated heterocycles. The molecule has 4 heteroatoms. The summed E-state index contributed by atoms with van der Waals surface area (Å²) in [5.74, 6) is 0. The molecular weight excluding hydrogens is 216 g/mol. The van der Waals surface area contributed by atoms with Crippen LogP contribution in [0.1, 0.15) is 25.6 Å². The predicted molar refractivity (Wildman–Crippen MR) is 65.5 cm³/mol. The van der Waals surface area contributed by atoms with Gasteiger partial charge in [-0.3, -0.25) is 4.90 Å². The van der Waals surface area contributed by atoms with Crippen molar-refractivity contribution in [1.29, 1.82) is 0 Å². The predicted octanol–water partition coefficient (Wildman–Crippen LogP) is 2.14. The molecule has 0 saturated carbocycles. The fraction of sp³-hybridized carbons (Fsp3) is 0.462. The van der Waals surface area contributed by atoms with E-state index in [9.17, 15) is 4.79 Å². The van der Waals surface area contributed by atoms with E-state index in [1.807, 2.05) is 44.2 Å². The van der Waals surface area contributed by atoms with Crippen molar-refractivity contribution in [2.75, 3.05) is 13.2 Å². The van der Waals surface area contributed by atoms with E-state index in [1.165, 1.54) is 0 Å². The number of amides is 2. The molecule has 17 heavy (non-hydrogen) atoms. The van der Waals surface area contributed by atoms with Crippen molar-refractivity contribution in [1.82, 2.24) is 10.2 Å². The molecule has 1 aliphatic heterocycles. The van der Waals surface area contributed by atoms with E-state index in [0.717, 1.165) is 5.56 Å². The van der Waals surface area contributed by atoms with Crippen molar-refractivity contribution < 1.29 is 9.53 Å². The fourth-order valence-corrected chi connectivity index (χ4v) is 1.90. The number of nitrogens with zero attached hydrogens (tertiary/aromatic N) is 1. The Bertz CT molecular complexity index is 378. The van der Waals surface area contributed by atoms with E-state index in [0.29, 0.717) is 13.2 Å². The molecule has 0 radical (unpaired) electrons. The van der Waals surface area contributed by atoms with Gasteiger partial charge in [-0.25, -0.2) is 4.79 Å². The van der Waals surface area contributed by atoms with E-state index in [1.54, 1.807) is 4.90 Å². The second-order valence-electron chi connectivity index (χ2n) is 4.43. The van der Waals surface area contributed by atoms with Gasteiger partial charge < -0.3 is 10.1 Å². The maximum Gasteiger partial charge on any atom is 0.320 e. The first-order valence-corrected chi connectivity index (χ1v) is 5.92. The molecule has 0 spiro atoms. The number of urea groups is 1. The van der Waals surface area contributed by atoms with Crippen LogP contribution in [0.3, 0.4) is 0 Å². The van der Waals surface area contributed by atoms with E-state index in [-0.39, 0.29) is 18.3 Å². The summed E-state index contributed by atoms with van der Waals surface area (Å²) in [5, 5.41) is 2.89. The molecule has 1 aromatic rings. The van der Waals surface area contributed by atoms with Gasteiger partial charge >= 0.3 is 6.03 Å². The fourth-order valence-electron chi connectivity index (χ4n) is 1.90. The van der Waals surface area contributed by atoms with Gasteiger partial charge in [0.25, 0.3) is 0 Å². The van der Waals surface area contributed by atoms with Crippen LogP contribution in [0.2, 0.25) is 0 Å². The lowest BCUT2D eigenvalue weighted by Crippen LogP contribution is -2.42. The number of rotatable bonds is 2. The second kappa shape index (κ2) is 5.19. The van der Waals surface area contributed by atoms with Crippen LogP contribution >= 0.6 is 0 Å². The first kappa shape index (κ1) is 11.9. The lowest BCUT2D eigenvalue weighted by atomic mass is 10.2. The molecule has 1 unspecified atom stereocenters. The third-order valence-corrected chi connectivity index (χ3v) is 2.65. The van der Waals surface area contributed by atoms with Crippen LogP contribution in [0, 0.1) is 0 Å². The van der Waals surface area contributed by atoms with Gasteiger partial charge in [0.2, 0.25) is 0 Å². The maximum atomic E-state index is 12.0. The Morgan fingerprint density at radius 1 is 1.41 bits per heavy atom. The maximum absolute atomic E-state index is 12.0. The van der Waals surface area contributed by atoms with Crippen LogP contribution in [-0.4, -0.2) is 30.1 Å². The van der Waals surface area contributed by atoms with Crippen molar-refractivity contribution in [3.63, 3.8) is 0 Å². The molecule has 0 aliphatic carbocycles. The van der Waals surface area contributed by atoms with Gasteiger partial charge in [-0.1, -0.05) is 30.3 Å². The lowest BCUT2D eigenvalue weighted by Gasteiger charge is -2.24. The van der Waals surface area contributed by atoms with Gasteiger partial charge in [0.1, 0.15) is 0 Å². The monoisotopic (exact) mass is 234 g/mol. The standard InChI is InChI=1S/C13H18N2O2/c1-10(2)14-13(16)15-8-9-17-12(15)11-6-4-3-5-7-11/h3-7,10,12H,8-9H2,1-2H3,(H,14,16). The van der Waals surface area contributed by atoms with Gasteiger partial charge in [0, 0.05) is 18.2 Å². The Morgan fingerprint density at radius 3 is 2.76 bits per heavy atom. The van der Waals surface area contributed by atoms with Crippen LogP contribution in [0.25, 0.3) is 0 Å². The highest BCUT2D eigenvalue weighted by molar-refractivity contribution is 5.75. The minimum atomic E-state index is -0.255. The molecule has 2 rings (SSSR count). The highest BCUT2D eigenvalue weighted by Gasteiger charge is 2.30. The number of hydrogen-bond acceptors (Lipinski definition) is 2. The minimum Gasteiger partial charge on any atom is -0.352 e. The molecule has 0 aromatic heterocycles. The van der Waals surface area contributed by atoms with Gasteiger partial charge in [-0.15, -0.1) is 0 Å². The Labute approximate surface area is 102 Å². The van der Waals surface area contributed by atoms with Crippen LogP contribution in [-0.2, 0) is 4.74 Å². The summed E-state index contributed by atoms with van der Waals surface area (Å²) >= 11 is 0. The van der Waals surface area contributed by atoms with Crippen molar-refractivity contribution in [3.05, 3.63) is 35.9 Å². The molecule has 1 heterocycles. The zero-order valence-corrected chi connectivity index (χ0v) is 10.2. The normalized spacial score (nSPS) is 19.7. The first-order chi connectivity index (χ1) is 8.18. The number of carbonyl (C=O) groups is 1. The van der Waals surface area contributed by atoms with Gasteiger partial charge in [-0.05, 0) is 13.8 Å². The molecule has 92 valence electrons. The molecular formula is C13H18N2O2. The van der Waals surface area contributed by atoms with Crippen molar-refractivity contribution >= 4 is 6.03 Å². The molecule has 1 fully saturated rings. The Hall–Kier alpha value is -1.55. The zero-order chi connectivity index (χ0) is 12.3. The zero-order valence-electron chi connectivity index (χ0n) is 10.2. The third-order valence-electron chi connectivity index (χ3n) is 2.65. The number of hydrogen-bond donors (Lipinski definition) is 1. The summed E-state index contributed by atoms with van der Waals surface area (Å²) in [6.45, 7) is 5.13. The smallest absolute Gasteiger partial charge is 0.320 e. The quantitative estimate of drug-likeness (QED) is 0.851. The van der Waals surface area contributed by atoms with Crippen LogP contribution in [0.5, 0.6) is 0 Å². The topological polar surface area (TPSA) is 41.6 Å². The van der Waals surface area contributed by atoms with E-state index in [4.69, 9.17) is 4.74 Å². The Morgan fingerprint density at radius 2 is 2.12 bits per heavy atom. The molecule has 1 aliphatic rings. The summed E-state index contributed by atoms with van der Waals surface area (Å²) in [6.07, 6.45) is -0.255. The average molecular weight is 234 g/mol. The number of nitrogens with one attached hydrogen (secondary N) is 1. The molecule has 2 amide bonds. The SMILES string of the molecule is CC(C)NC(=O)N1CCOC1c1ccccc1. The van der Waals surface area contributed by atoms with Gasteiger partial charge in [0.05, 0.1) is 6.61 Å². The number of carbonyl (C=O) groups excluding carboxylic acids is 1. The molecule has 4 nitrogen and oxygen atoms in total. The van der Waals surface area contributed by atoms with Gasteiger partial charge in [0.15, 0.2) is 6.23 Å². The van der Waals surface area contributed by atoms with E-state index in [2.05, 4.69) is 5.32 Å². The highest BCUT2D eigenvalue weighted by Crippen LogP contribution is 2.26. The number of ether oxygens (including phenoxy) is 1. The molecule has 1 N–H and O–H groups in total. The van der Waals surface area contributed by atoms with Crippen LogP contribution < -0.4 is 5.32 Å². The van der Waals surface area contributed by atoms with E-state index < -0.39 is 0 Å². The summed E-state index contributed by atoms with van der Waals surface area (Å²) in [6, 6.07) is 9.89. The van der Waals surface area contributed by atoms with Gasteiger partial charge in [-0.2, -0.15) is 0 Å². The largest absolute Gasteiger partial charge is 0.352 e.